The second-order valence-electron chi connectivity index (χ2n) is 4.32. The molecule has 0 unspecified atom stereocenters. The minimum absolute atomic E-state index is 0.0640. The van der Waals surface area contributed by atoms with Crippen molar-refractivity contribution in [3.05, 3.63) is 36.6 Å². The number of carbonyl (C=O) groups is 3. The van der Waals surface area contributed by atoms with Gasteiger partial charge in [0, 0.05) is 13.2 Å². The van der Waals surface area contributed by atoms with Gasteiger partial charge in [-0.3, -0.25) is 14.5 Å². The van der Waals surface area contributed by atoms with Crippen molar-refractivity contribution in [2.24, 2.45) is 0 Å². The number of aromatic carboxylic acids is 1. The van der Waals surface area contributed by atoms with Gasteiger partial charge in [-0.2, -0.15) is 0 Å². The molecule has 0 aliphatic carbocycles. The van der Waals surface area contributed by atoms with E-state index in [0.717, 1.165) is 11.0 Å². The van der Waals surface area contributed by atoms with Crippen LogP contribution in [-0.4, -0.2) is 46.0 Å². The summed E-state index contributed by atoms with van der Waals surface area (Å²) in [6.07, 6.45) is 1.16. The molecule has 3 N–H and O–H groups in total. The Morgan fingerprint density at radius 3 is 2.32 bits per heavy atom. The van der Waals surface area contributed by atoms with Crippen LogP contribution in [-0.2, 0) is 9.59 Å². The lowest BCUT2D eigenvalue weighted by Crippen LogP contribution is -2.34. The summed E-state index contributed by atoms with van der Waals surface area (Å²) >= 11 is 3.92. The van der Waals surface area contributed by atoms with Crippen molar-refractivity contribution in [3.8, 4) is 0 Å². The molecule has 0 aromatic heterocycles. The lowest BCUT2D eigenvalue weighted by atomic mass is 10.2. The topological polar surface area (TPSA) is 107 Å². The number of hydrogen-bond acceptors (Lipinski definition) is 5. The van der Waals surface area contributed by atoms with Gasteiger partial charge in [0.2, 0.25) is 0 Å². The summed E-state index contributed by atoms with van der Waals surface area (Å²) in [5.41, 5.74) is 0.797. The third-order valence-corrected chi connectivity index (χ3v) is 4.58. The van der Waals surface area contributed by atoms with Crippen LogP contribution < -0.4 is 5.32 Å². The molecule has 2 amide bonds. The summed E-state index contributed by atoms with van der Waals surface area (Å²) in [4.78, 5) is 35.7. The molecule has 9 heteroatoms. The second kappa shape index (κ2) is 6.91. The fraction of sp³-hybridized carbons (Fsp3) is 0.154. The normalized spacial score (nSPS) is 14.3. The zero-order valence-electron chi connectivity index (χ0n) is 11.0. The molecule has 1 aliphatic rings. The monoisotopic (exact) mass is 528 g/mol. The second-order valence-corrected chi connectivity index (χ2v) is 6.65. The fourth-order valence-corrected chi connectivity index (χ4v) is 3.90. The SMILES string of the molecule is O=C(O)c1cc(I)c(NC2=CC(=O)N(CCO)C2=O)c(I)c1. The lowest BCUT2D eigenvalue weighted by molar-refractivity contribution is -0.137. The van der Waals surface area contributed by atoms with Crippen molar-refractivity contribution >= 4 is 68.7 Å². The number of rotatable bonds is 5. The van der Waals surface area contributed by atoms with E-state index in [1.165, 1.54) is 12.1 Å². The number of amides is 2. The van der Waals surface area contributed by atoms with Crippen LogP contribution in [0.5, 0.6) is 0 Å². The summed E-state index contributed by atoms with van der Waals surface area (Å²) in [7, 11) is 0. The summed E-state index contributed by atoms with van der Waals surface area (Å²) in [6.45, 7) is -0.369. The van der Waals surface area contributed by atoms with Crippen LogP contribution in [0.2, 0.25) is 0 Å². The van der Waals surface area contributed by atoms with Crippen LogP contribution in [0.4, 0.5) is 5.69 Å². The number of aliphatic hydroxyl groups is 1. The minimum Gasteiger partial charge on any atom is -0.478 e. The number of anilines is 1. The van der Waals surface area contributed by atoms with Crippen molar-refractivity contribution in [1.29, 1.82) is 0 Å². The number of halogens is 2. The smallest absolute Gasteiger partial charge is 0.335 e. The van der Waals surface area contributed by atoms with Gasteiger partial charge in [0.1, 0.15) is 5.70 Å². The van der Waals surface area contributed by atoms with E-state index < -0.39 is 17.8 Å². The first-order chi connectivity index (χ1) is 10.3. The first-order valence-electron chi connectivity index (χ1n) is 6.03. The van der Waals surface area contributed by atoms with Crippen molar-refractivity contribution in [1.82, 2.24) is 4.90 Å². The summed E-state index contributed by atoms with van der Waals surface area (Å²) in [5, 5.41) is 20.7. The number of aliphatic hydroxyl groups excluding tert-OH is 1. The Bertz CT molecular complexity index is 679. The van der Waals surface area contributed by atoms with Gasteiger partial charge < -0.3 is 15.5 Å². The molecule has 22 heavy (non-hydrogen) atoms. The number of nitrogens with zero attached hydrogens (tertiary/aromatic N) is 1. The van der Waals surface area contributed by atoms with E-state index in [4.69, 9.17) is 10.2 Å². The number of nitrogens with one attached hydrogen (secondary N) is 1. The van der Waals surface area contributed by atoms with Gasteiger partial charge >= 0.3 is 5.97 Å². The van der Waals surface area contributed by atoms with E-state index in [2.05, 4.69) is 5.32 Å². The van der Waals surface area contributed by atoms with Gasteiger partial charge in [-0.1, -0.05) is 0 Å². The van der Waals surface area contributed by atoms with Crippen LogP contribution in [0.3, 0.4) is 0 Å². The molecule has 0 atom stereocenters. The fourth-order valence-electron chi connectivity index (χ4n) is 1.86. The molecule has 0 saturated carbocycles. The standard InChI is InChI=1S/C13H10I2N2O5/c14-7-3-6(13(21)22)4-8(15)11(7)16-9-5-10(19)17(1-2-18)12(9)20/h3-5,16,18H,1-2H2,(H,21,22). The van der Waals surface area contributed by atoms with Crippen LogP contribution in [0.1, 0.15) is 10.4 Å². The summed E-state index contributed by atoms with van der Waals surface area (Å²) < 4.78 is 1.23. The first kappa shape index (κ1) is 17.1. The Morgan fingerprint density at radius 1 is 1.23 bits per heavy atom. The van der Waals surface area contributed by atoms with Gasteiger partial charge in [-0.05, 0) is 57.3 Å². The number of carboxylic acids is 1. The van der Waals surface area contributed by atoms with E-state index in [-0.39, 0.29) is 24.4 Å². The highest BCUT2D eigenvalue weighted by molar-refractivity contribution is 14.1. The highest BCUT2D eigenvalue weighted by Crippen LogP contribution is 2.29. The Hall–Kier alpha value is -1.21. The van der Waals surface area contributed by atoms with Gasteiger partial charge in [-0.25, -0.2) is 4.79 Å². The highest BCUT2D eigenvalue weighted by atomic mass is 127. The van der Waals surface area contributed by atoms with Crippen molar-refractivity contribution in [3.63, 3.8) is 0 Å². The lowest BCUT2D eigenvalue weighted by Gasteiger charge is -2.15. The summed E-state index contributed by atoms with van der Waals surface area (Å²) in [6, 6.07) is 2.95. The molecule has 116 valence electrons. The Balaban J connectivity index is 2.29. The predicted molar refractivity (Wildman–Crippen MR) is 94.3 cm³/mol. The molecule has 7 nitrogen and oxygen atoms in total. The maximum atomic E-state index is 12.1. The van der Waals surface area contributed by atoms with E-state index in [1.807, 2.05) is 45.2 Å². The van der Waals surface area contributed by atoms with E-state index in [9.17, 15) is 14.4 Å². The zero-order valence-corrected chi connectivity index (χ0v) is 15.3. The van der Waals surface area contributed by atoms with Gasteiger partial charge in [-0.15, -0.1) is 0 Å². The molecule has 0 saturated heterocycles. The molecule has 1 aliphatic heterocycles. The number of carbonyl (C=O) groups excluding carboxylic acids is 2. The molecule has 0 fully saturated rings. The molecule has 0 bridgehead atoms. The quantitative estimate of drug-likeness (QED) is 0.393. The predicted octanol–water partition coefficient (Wildman–Crippen LogP) is 1.25. The molecule has 0 spiro atoms. The number of β-amino-alcohol motifs (C(OH)–C–C–N with tert-alkyl or cyclic N) is 1. The molecule has 2 rings (SSSR count). The van der Waals surface area contributed by atoms with Crippen LogP contribution in [0.25, 0.3) is 0 Å². The number of benzene rings is 1. The Morgan fingerprint density at radius 2 is 1.82 bits per heavy atom. The third kappa shape index (κ3) is 3.41. The van der Waals surface area contributed by atoms with Crippen molar-refractivity contribution in [2.45, 2.75) is 0 Å². The van der Waals surface area contributed by atoms with Crippen molar-refractivity contribution < 1.29 is 24.6 Å². The third-order valence-electron chi connectivity index (χ3n) is 2.88. The molecule has 1 aromatic rings. The first-order valence-corrected chi connectivity index (χ1v) is 8.18. The van der Waals surface area contributed by atoms with Gasteiger partial charge in [0.15, 0.2) is 0 Å². The number of hydrogen-bond donors (Lipinski definition) is 3. The van der Waals surface area contributed by atoms with Gasteiger partial charge in [0.25, 0.3) is 11.8 Å². The zero-order chi connectivity index (χ0) is 16.4. The van der Waals surface area contributed by atoms with Gasteiger partial charge in [0.05, 0.1) is 24.4 Å². The largest absolute Gasteiger partial charge is 0.478 e. The average Bonchev–Trinajstić information content (AvgIpc) is 2.70. The maximum Gasteiger partial charge on any atom is 0.335 e. The highest BCUT2D eigenvalue weighted by Gasteiger charge is 2.31. The van der Waals surface area contributed by atoms with E-state index >= 15 is 0 Å². The van der Waals surface area contributed by atoms with Crippen LogP contribution >= 0.6 is 45.2 Å². The molecule has 1 heterocycles. The molecule has 1 aromatic carbocycles. The molecule has 0 radical (unpaired) electrons. The Kier molecular flexibility index (Phi) is 5.39. The van der Waals surface area contributed by atoms with Crippen LogP contribution in [0.15, 0.2) is 23.9 Å². The number of carboxylic acid groups (broad SMARTS) is 1. The van der Waals surface area contributed by atoms with E-state index in [0.29, 0.717) is 12.8 Å². The van der Waals surface area contributed by atoms with Crippen LogP contribution in [0, 0.1) is 7.14 Å². The maximum absolute atomic E-state index is 12.1. The average molecular weight is 528 g/mol. The Labute approximate surface area is 152 Å². The summed E-state index contributed by atoms with van der Waals surface area (Å²) in [5.74, 6) is -2.05. The molecular weight excluding hydrogens is 518 g/mol. The minimum atomic E-state index is -1.04. The van der Waals surface area contributed by atoms with E-state index in [1.54, 1.807) is 0 Å². The number of imide groups is 1. The van der Waals surface area contributed by atoms with Crippen molar-refractivity contribution in [2.75, 3.05) is 18.5 Å². The molecular formula is C13H10I2N2O5.